The molecule has 1 amide bonds. The van der Waals surface area contributed by atoms with Gasteiger partial charge < -0.3 is 5.32 Å². The maximum absolute atomic E-state index is 13.3. The molecule has 0 atom stereocenters. The molecule has 0 spiro atoms. The summed E-state index contributed by atoms with van der Waals surface area (Å²) in [5, 5.41) is 4.76. The Balaban J connectivity index is 1.50. The third-order valence-corrected chi connectivity index (χ3v) is 8.45. The highest BCUT2D eigenvalue weighted by Gasteiger charge is 2.22. The first-order chi connectivity index (χ1) is 14.7. The fourth-order valence-corrected chi connectivity index (χ4v) is 6.89. The largest absolute Gasteiger partial charge is 0.353 e. The number of aryl methyl sites for hydroxylation is 2. The van der Waals surface area contributed by atoms with Gasteiger partial charge in [-0.1, -0.05) is 50.8 Å². The zero-order valence-corrected chi connectivity index (χ0v) is 19.6. The number of hydrogen-bond acceptors (Lipinski definition) is 5. The van der Waals surface area contributed by atoms with E-state index >= 15 is 0 Å². The van der Waals surface area contributed by atoms with E-state index in [1.165, 1.54) is 60.7 Å². The van der Waals surface area contributed by atoms with Gasteiger partial charge in [-0.25, -0.2) is 4.98 Å². The van der Waals surface area contributed by atoms with E-state index in [1.807, 2.05) is 0 Å². The van der Waals surface area contributed by atoms with Crippen LogP contribution in [-0.2, 0) is 24.2 Å². The van der Waals surface area contributed by atoms with Gasteiger partial charge in [0.25, 0.3) is 5.56 Å². The second-order valence-electron chi connectivity index (χ2n) is 8.64. The van der Waals surface area contributed by atoms with Crippen LogP contribution < -0.4 is 10.9 Å². The molecule has 0 radical (unpaired) electrons. The molecule has 0 bridgehead atoms. The first-order valence-corrected chi connectivity index (χ1v) is 13.4. The van der Waals surface area contributed by atoms with Crippen molar-refractivity contribution >= 4 is 39.2 Å². The molecule has 30 heavy (non-hydrogen) atoms. The standard InChI is InChI=1S/C23H33N3O2S2/c1-2-14-26-22(28)20-17-12-8-9-13-18(17)30-21(20)25-23(26)29-15-19(27)24-16-10-6-4-3-5-7-11-16/h16H,2-15H2,1H3,(H,24,27). The number of rotatable bonds is 6. The van der Waals surface area contributed by atoms with Crippen LogP contribution in [0.4, 0.5) is 0 Å². The summed E-state index contributed by atoms with van der Waals surface area (Å²) in [6.45, 7) is 2.73. The lowest BCUT2D eigenvalue weighted by molar-refractivity contribution is -0.119. The second kappa shape index (κ2) is 10.3. The van der Waals surface area contributed by atoms with Crippen molar-refractivity contribution in [3.63, 3.8) is 0 Å². The number of thiophene rings is 1. The molecule has 4 rings (SSSR count). The minimum atomic E-state index is 0.0634. The number of thioether (sulfide) groups is 1. The maximum Gasteiger partial charge on any atom is 0.263 e. The summed E-state index contributed by atoms with van der Waals surface area (Å²) in [6, 6.07) is 0.302. The fraction of sp³-hybridized carbons (Fsp3) is 0.696. The Bertz CT molecular complexity index is 942. The molecule has 1 fully saturated rings. The first kappa shape index (κ1) is 21.9. The highest BCUT2D eigenvalue weighted by Crippen LogP contribution is 2.34. The summed E-state index contributed by atoms with van der Waals surface area (Å²) in [5.41, 5.74) is 1.33. The van der Waals surface area contributed by atoms with Gasteiger partial charge in [0.05, 0.1) is 11.1 Å². The Kier molecular flexibility index (Phi) is 7.52. The molecule has 7 heteroatoms. The predicted octanol–water partition coefficient (Wildman–Crippen LogP) is 5.07. The lowest BCUT2D eigenvalue weighted by Gasteiger charge is -2.21. The molecule has 0 aliphatic heterocycles. The summed E-state index contributed by atoms with van der Waals surface area (Å²) in [5.74, 6) is 0.386. The smallest absolute Gasteiger partial charge is 0.263 e. The monoisotopic (exact) mass is 447 g/mol. The van der Waals surface area contributed by atoms with Crippen LogP contribution in [0.5, 0.6) is 0 Å². The molecule has 2 aliphatic rings. The highest BCUT2D eigenvalue weighted by molar-refractivity contribution is 7.99. The number of fused-ring (bicyclic) bond motifs is 3. The van der Waals surface area contributed by atoms with Gasteiger partial charge in [0, 0.05) is 17.5 Å². The van der Waals surface area contributed by atoms with E-state index in [1.54, 1.807) is 15.9 Å². The van der Waals surface area contributed by atoms with E-state index in [4.69, 9.17) is 4.98 Å². The number of hydrogen-bond donors (Lipinski definition) is 1. The summed E-state index contributed by atoms with van der Waals surface area (Å²) in [7, 11) is 0. The topological polar surface area (TPSA) is 64.0 Å². The minimum Gasteiger partial charge on any atom is -0.353 e. The Morgan fingerprint density at radius 1 is 1.13 bits per heavy atom. The lowest BCUT2D eigenvalue weighted by Crippen LogP contribution is -2.36. The van der Waals surface area contributed by atoms with Crippen LogP contribution in [0.15, 0.2) is 9.95 Å². The minimum absolute atomic E-state index is 0.0634. The quantitative estimate of drug-likeness (QED) is 0.496. The molecular weight excluding hydrogens is 414 g/mol. The number of carbonyl (C=O) groups is 1. The van der Waals surface area contributed by atoms with Crippen LogP contribution in [0.3, 0.4) is 0 Å². The molecule has 0 aromatic carbocycles. The molecule has 5 nitrogen and oxygen atoms in total. The van der Waals surface area contributed by atoms with Crippen molar-refractivity contribution in [2.45, 2.75) is 102 Å². The molecular formula is C23H33N3O2S2. The second-order valence-corrected chi connectivity index (χ2v) is 10.7. The Hall–Kier alpha value is -1.34. The van der Waals surface area contributed by atoms with Crippen molar-refractivity contribution in [3.05, 3.63) is 20.8 Å². The van der Waals surface area contributed by atoms with Crippen LogP contribution in [0.25, 0.3) is 10.2 Å². The number of amides is 1. The van der Waals surface area contributed by atoms with E-state index in [0.29, 0.717) is 23.5 Å². The van der Waals surface area contributed by atoms with E-state index in [-0.39, 0.29) is 11.5 Å². The number of aromatic nitrogens is 2. The van der Waals surface area contributed by atoms with Gasteiger partial charge in [0.15, 0.2) is 5.16 Å². The lowest BCUT2D eigenvalue weighted by atomic mass is 9.97. The van der Waals surface area contributed by atoms with Crippen LogP contribution in [-0.4, -0.2) is 27.3 Å². The number of carbonyl (C=O) groups excluding carboxylic acids is 1. The van der Waals surface area contributed by atoms with Crippen LogP contribution in [0.2, 0.25) is 0 Å². The molecule has 0 saturated heterocycles. The van der Waals surface area contributed by atoms with E-state index in [0.717, 1.165) is 48.7 Å². The average Bonchev–Trinajstić information content (AvgIpc) is 3.09. The highest BCUT2D eigenvalue weighted by atomic mass is 32.2. The van der Waals surface area contributed by atoms with Crippen molar-refractivity contribution in [1.29, 1.82) is 0 Å². The van der Waals surface area contributed by atoms with E-state index < -0.39 is 0 Å². The van der Waals surface area contributed by atoms with Gasteiger partial charge in [-0.3, -0.25) is 14.2 Å². The predicted molar refractivity (Wildman–Crippen MR) is 126 cm³/mol. The SMILES string of the molecule is CCCn1c(SCC(=O)NC2CCCCCCC2)nc2sc3c(c2c1=O)CCCC3. The Labute approximate surface area is 187 Å². The van der Waals surface area contributed by atoms with Crippen molar-refractivity contribution in [2.75, 3.05) is 5.75 Å². The molecule has 164 valence electrons. The van der Waals surface area contributed by atoms with Gasteiger partial charge in [0.2, 0.25) is 5.91 Å². The van der Waals surface area contributed by atoms with Crippen molar-refractivity contribution < 1.29 is 4.79 Å². The number of nitrogens with one attached hydrogen (secondary N) is 1. The Morgan fingerprint density at radius 3 is 2.63 bits per heavy atom. The van der Waals surface area contributed by atoms with Gasteiger partial charge in [-0.2, -0.15) is 0 Å². The molecule has 1 saturated carbocycles. The molecule has 2 aromatic rings. The Morgan fingerprint density at radius 2 is 1.87 bits per heavy atom. The zero-order valence-electron chi connectivity index (χ0n) is 18.0. The fourth-order valence-electron chi connectivity index (χ4n) is 4.75. The zero-order chi connectivity index (χ0) is 20.9. The summed E-state index contributed by atoms with van der Waals surface area (Å²) < 4.78 is 1.80. The number of nitrogens with zero attached hydrogens (tertiary/aromatic N) is 2. The van der Waals surface area contributed by atoms with Crippen molar-refractivity contribution in [2.24, 2.45) is 0 Å². The molecule has 1 N–H and O–H groups in total. The molecule has 2 aromatic heterocycles. The summed E-state index contributed by atoms with van der Waals surface area (Å²) >= 11 is 3.10. The third kappa shape index (κ3) is 4.93. The van der Waals surface area contributed by atoms with Crippen molar-refractivity contribution in [3.8, 4) is 0 Å². The summed E-state index contributed by atoms with van der Waals surface area (Å²) in [6.07, 6.45) is 13.8. The maximum atomic E-state index is 13.3. The van der Waals surface area contributed by atoms with Gasteiger partial charge in [-0.15, -0.1) is 11.3 Å². The van der Waals surface area contributed by atoms with Crippen molar-refractivity contribution in [1.82, 2.24) is 14.9 Å². The van der Waals surface area contributed by atoms with Gasteiger partial charge in [-0.05, 0) is 50.5 Å². The first-order valence-electron chi connectivity index (χ1n) is 11.6. The average molecular weight is 448 g/mol. The van der Waals surface area contributed by atoms with E-state index in [9.17, 15) is 9.59 Å². The molecule has 2 heterocycles. The summed E-state index contributed by atoms with van der Waals surface area (Å²) in [4.78, 5) is 33.0. The third-order valence-electron chi connectivity index (χ3n) is 6.29. The van der Waals surface area contributed by atoms with Gasteiger partial charge >= 0.3 is 0 Å². The molecule has 0 unspecified atom stereocenters. The van der Waals surface area contributed by atoms with E-state index in [2.05, 4.69) is 12.2 Å². The normalized spacial score (nSPS) is 18.0. The van der Waals surface area contributed by atoms with Crippen LogP contribution >= 0.6 is 23.1 Å². The van der Waals surface area contributed by atoms with Crippen LogP contribution in [0.1, 0.15) is 81.6 Å². The van der Waals surface area contributed by atoms with Gasteiger partial charge in [0.1, 0.15) is 4.83 Å². The molecule has 2 aliphatic carbocycles. The van der Waals surface area contributed by atoms with Crippen LogP contribution in [0, 0.1) is 0 Å².